The average molecular weight is 592 g/mol. The van der Waals surface area contributed by atoms with Crippen molar-refractivity contribution in [3.63, 3.8) is 0 Å². The Hall–Kier alpha value is -4.38. The molecule has 0 radical (unpaired) electrons. The van der Waals surface area contributed by atoms with Gasteiger partial charge in [0.1, 0.15) is 32.8 Å². The summed E-state index contributed by atoms with van der Waals surface area (Å²) < 4.78 is 96.0. The molecule has 5 N–H and O–H groups in total. The van der Waals surface area contributed by atoms with Crippen molar-refractivity contribution in [3.8, 4) is 5.75 Å². The molecule has 0 unspecified atom stereocenters. The van der Waals surface area contributed by atoms with Gasteiger partial charge >= 0.3 is 0 Å². The average Bonchev–Trinajstić information content (AvgIpc) is 2.85. The lowest BCUT2D eigenvalue weighted by molar-refractivity contribution is 0.472. The zero-order valence-corrected chi connectivity index (χ0v) is 22.2. The van der Waals surface area contributed by atoms with Crippen LogP contribution in [0.15, 0.2) is 78.8 Å². The smallest absolute Gasteiger partial charge is 0.296 e. The summed E-state index contributed by atoms with van der Waals surface area (Å²) in [6, 6.07) is 8.94. The van der Waals surface area contributed by atoms with Crippen molar-refractivity contribution < 1.29 is 39.8 Å². The van der Waals surface area contributed by atoms with Crippen molar-refractivity contribution in [3.05, 3.63) is 71.3 Å². The Kier molecular flexibility index (Phi) is 7.37. The summed E-state index contributed by atoms with van der Waals surface area (Å²) in [5, 5.41) is 25.1. The van der Waals surface area contributed by atoms with Crippen LogP contribution in [0.2, 0.25) is 0 Å². The molecule has 0 bridgehead atoms. The maximum Gasteiger partial charge on any atom is 0.296 e. The number of aryl methyl sites for hydroxylation is 2. The molecule has 12 nitrogen and oxygen atoms in total. The number of phenolic OH excluding ortho intramolecular Hbond substituents is 1. The number of anilines is 1. The second-order valence-corrected chi connectivity index (χ2v) is 11.3. The molecule has 4 aromatic rings. The summed E-state index contributed by atoms with van der Waals surface area (Å²) in [6.07, 6.45) is 0. The van der Waals surface area contributed by atoms with Gasteiger partial charge in [-0.3, -0.25) is 9.11 Å². The summed E-state index contributed by atoms with van der Waals surface area (Å²) in [5.74, 6) is -2.24. The van der Waals surface area contributed by atoms with E-state index in [0.717, 1.165) is 24.3 Å². The molecule has 0 spiro atoms. The summed E-state index contributed by atoms with van der Waals surface area (Å²) in [5.41, 5.74) is 4.51. The van der Waals surface area contributed by atoms with Crippen molar-refractivity contribution in [1.82, 2.24) is 0 Å². The van der Waals surface area contributed by atoms with Crippen molar-refractivity contribution in [1.29, 1.82) is 0 Å². The van der Waals surface area contributed by atoms with E-state index >= 15 is 0 Å². The van der Waals surface area contributed by atoms with Crippen LogP contribution in [0.4, 0.5) is 37.2 Å². The Balaban J connectivity index is 2.01. The highest BCUT2D eigenvalue weighted by molar-refractivity contribution is 7.86. The van der Waals surface area contributed by atoms with Crippen LogP contribution in [-0.4, -0.2) is 31.0 Å². The monoisotopic (exact) mass is 591 g/mol. The number of hydrogen-bond acceptors (Lipinski definition) is 10. The fourth-order valence-electron chi connectivity index (χ4n) is 3.61. The number of fused-ring (bicyclic) bond motifs is 1. The fraction of sp³-hybridized carbons (Fsp3) is 0.0833. The Morgan fingerprint density at radius 1 is 0.700 bits per heavy atom. The van der Waals surface area contributed by atoms with Gasteiger partial charge in [-0.05, 0) is 54.6 Å². The maximum atomic E-state index is 13.9. The first-order chi connectivity index (χ1) is 18.6. The molecule has 4 rings (SSSR count). The molecular weight excluding hydrogens is 572 g/mol. The van der Waals surface area contributed by atoms with E-state index in [1.807, 2.05) is 0 Å². The van der Waals surface area contributed by atoms with E-state index in [-0.39, 0.29) is 16.8 Å². The molecule has 0 heterocycles. The second-order valence-electron chi connectivity index (χ2n) is 8.52. The highest BCUT2D eigenvalue weighted by Crippen LogP contribution is 2.48. The minimum atomic E-state index is -5.11. The molecule has 4 aromatic carbocycles. The van der Waals surface area contributed by atoms with Crippen LogP contribution in [-0.2, 0) is 20.2 Å². The molecule has 0 aliphatic carbocycles. The molecule has 208 valence electrons. The van der Waals surface area contributed by atoms with Gasteiger partial charge in [0, 0.05) is 12.1 Å². The fourth-order valence-corrected chi connectivity index (χ4v) is 4.94. The number of rotatable bonds is 6. The number of hydrogen-bond donors (Lipinski definition) is 4. The van der Waals surface area contributed by atoms with E-state index in [0.29, 0.717) is 11.1 Å². The van der Waals surface area contributed by atoms with Gasteiger partial charge in [0.15, 0.2) is 5.75 Å². The van der Waals surface area contributed by atoms with E-state index in [4.69, 9.17) is 5.73 Å². The first-order valence-electron chi connectivity index (χ1n) is 11.0. The predicted molar refractivity (Wildman–Crippen MR) is 140 cm³/mol. The highest BCUT2D eigenvalue weighted by Gasteiger charge is 2.28. The highest BCUT2D eigenvalue weighted by atomic mass is 32.2. The summed E-state index contributed by atoms with van der Waals surface area (Å²) in [6.45, 7) is 3.00. The van der Waals surface area contributed by atoms with Crippen molar-refractivity contribution in [2.45, 2.75) is 23.6 Å². The SMILES string of the molecule is Cc1ccc(N=Nc2c(S(=O)(=O)O)cc3cc(S(=O)(=O)O)c(N=Nc4ccc(C)c(F)c4)c(O)c3c2N)cc1F. The number of phenols is 1. The number of nitrogens with zero attached hydrogens (tertiary/aromatic N) is 4. The number of nitrogens with two attached hydrogens (primary N) is 1. The molecule has 0 aliphatic rings. The number of azo groups is 2. The van der Waals surface area contributed by atoms with Crippen LogP contribution in [0.1, 0.15) is 11.1 Å². The Labute approximate surface area is 226 Å². The zero-order chi connectivity index (χ0) is 29.6. The molecule has 0 aliphatic heterocycles. The molecule has 0 atom stereocenters. The van der Waals surface area contributed by atoms with Crippen molar-refractivity contribution in [2.75, 3.05) is 5.73 Å². The van der Waals surface area contributed by atoms with Gasteiger partial charge in [-0.25, -0.2) is 8.78 Å². The number of nitrogen functional groups attached to an aromatic ring is 1. The van der Waals surface area contributed by atoms with Crippen LogP contribution in [0.25, 0.3) is 10.8 Å². The van der Waals surface area contributed by atoms with E-state index in [2.05, 4.69) is 20.5 Å². The van der Waals surface area contributed by atoms with E-state index in [1.54, 1.807) is 0 Å². The number of halogens is 2. The summed E-state index contributed by atoms with van der Waals surface area (Å²) in [7, 11) is -10.2. The first kappa shape index (κ1) is 28.6. The predicted octanol–water partition coefficient (Wildman–Crippen LogP) is 6.35. The molecule has 0 aromatic heterocycles. The van der Waals surface area contributed by atoms with Crippen LogP contribution in [0, 0.1) is 25.5 Å². The van der Waals surface area contributed by atoms with Gasteiger partial charge in [-0.2, -0.15) is 27.1 Å². The minimum absolute atomic E-state index is 0.0466. The normalized spacial score (nSPS) is 12.7. The van der Waals surface area contributed by atoms with Gasteiger partial charge in [0.05, 0.1) is 22.4 Å². The van der Waals surface area contributed by atoms with Gasteiger partial charge in [0.25, 0.3) is 20.2 Å². The van der Waals surface area contributed by atoms with E-state index in [1.165, 1.54) is 38.1 Å². The second kappa shape index (κ2) is 10.3. The lowest BCUT2D eigenvalue weighted by Crippen LogP contribution is -2.03. The Bertz CT molecular complexity index is 1840. The lowest BCUT2D eigenvalue weighted by Gasteiger charge is -2.14. The third-order valence-electron chi connectivity index (χ3n) is 5.71. The first-order valence-corrected chi connectivity index (χ1v) is 13.9. The van der Waals surface area contributed by atoms with Gasteiger partial charge < -0.3 is 10.8 Å². The molecule has 16 heteroatoms. The molecule has 0 saturated carbocycles. The number of benzene rings is 4. The van der Waals surface area contributed by atoms with Crippen LogP contribution in [0.3, 0.4) is 0 Å². The van der Waals surface area contributed by atoms with E-state index < -0.39 is 69.9 Å². The topological polar surface area (TPSA) is 204 Å². The minimum Gasteiger partial charge on any atom is -0.505 e. The summed E-state index contributed by atoms with van der Waals surface area (Å²) in [4.78, 5) is -1.93. The molecule has 0 fully saturated rings. The molecule has 0 amide bonds. The van der Waals surface area contributed by atoms with Crippen LogP contribution >= 0.6 is 0 Å². The van der Waals surface area contributed by atoms with Crippen molar-refractivity contribution in [2.24, 2.45) is 20.5 Å². The Morgan fingerprint density at radius 3 is 1.55 bits per heavy atom. The van der Waals surface area contributed by atoms with Crippen LogP contribution in [0.5, 0.6) is 5.75 Å². The third kappa shape index (κ3) is 5.64. The lowest BCUT2D eigenvalue weighted by atomic mass is 10.1. The zero-order valence-electron chi connectivity index (χ0n) is 20.5. The van der Waals surface area contributed by atoms with Crippen molar-refractivity contribution >= 4 is 59.4 Å². The third-order valence-corrected chi connectivity index (χ3v) is 7.45. The molecule has 0 saturated heterocycles. The quantitative estimate of drug-likeness (QED) is 0.113. The molecular formula is C24H19F2N5O7S2. The van der Waals surface area contributed by atoms with Gasteiger partial charge in [-0.1, -0.05) is 12.1 Å². The van der Waals surface area contributed by atoms with Crippen LogP contribution < -0.4 is 5.73 Å². The Morgan fingerprint density at radius 2 is 1.12 bits per heavy atom. The maximum absolute atomic E-state index is 13.9. The number of aromatic hydroxyl groups is 1. The standard InChI is InChI=1S/C24H19F2N5O7S2/c1-11-3-5-14(9-16(11)25)28-30-22-18(39(33,34)35)7-13-8-19(40(36,37)38)23(24(32)20(13)21(22)27)31-29-15-6-4-12(2)17(26)10-15/h3-10,32H,27H2,1-2H3,(H,33,34,35)(H,36,37,38). The van der Waals surface area contributed by atoms with Gasteiger partial charge in [0.2, 0.25) is 0 Å². The van der Waals surface area contributed by atoms with Gasteiger partial charge in [-0.15, -0.1) is 10.2 Å². The van der Waals surface area contributed by atoms with E-state index in [9.17, 15) is 39.8 Å². The largest absolute Gasteiger partial charge is 0.505 e. The summed E-state index contributed by atoms with van der Waals surface area (Å²) >= 11 is 0. The molecule has 40 heavy (non-hydrogen) atoms.